The Labute approximate surface area is 163 Å². The minimum absolute atomic E-state index is 0.00664. The number of nitrogens with zero attached hydrogens (tertiary/aromatic N) is 1. The predicted octanol–water partition coefficient (Wildman–Crippen LogP) is 5.11. The number of hydrogen-bond donors (Lipinski definition) is 0. The maximum Gasteiger partial charge on any atom is 0.298 e. The largest absolute Gasteiger partial charge is 0.493 e. The van der Waals surface area contributed by atoms with Crippen molar-refractivity contribution in [1.29, 1.82) is 0 Å². The summed E-state index contributed by atoms with van der Waals surface area (Å²) in [6.45, 7) is 4.00. The summed E-state index contributed by atoms with van der Waals surface area (Å²) < 4.78 is 11.4. The highest BCUT2D eigenvalue weighted by atomic mass is 32.2. The molecule has 0 N–H and O–H groups in total. The molecule has 1 heterocycles. The Morgan fingerprint density at radius 1 is 1.11 bits per heavy atom. The summed E-state index contributed by atoms with van der Waals surface area (Å²) in [5, 5.41) is -0.315. The van der Waals surface area contributed by atoms with Crippen LogP contribution >= 0.6 is 11.8 Å². The Balaban J connectivity index is 1.97. The van der Waals surface area contributed by atoms with E-state index >= 15 is 0 Å². The van der Waals surface area contributed by atoms with Crippen LogP contribution in [0.15, 0.2) is 53.4 Å². The van der Waals surface area contributed by atoms with Gasteiger partial charge >= 0.3 is 0 Å². The molecule has 27 heavy (non-hydrogen) atoms. The quantitative estimate of drug-likeness (QED) is 0.649. The van der Waals surface area contributed by atoms with E-state index < -0.39 is 0 Å². The summed E-state index contributed by atoms with van der Waals surface area (Å²) in [5.74, 6) is 0.820. The zero-order valence-electron chi connectivity index (χ0n) is 15.5. The smallest absolute Gasteiger partial charge is 0.298 e. The molecule has 0 bridgehead atoms. The van der Waals surface area contributed by atoms with E-state index in [-0.39, 0.29) is 17.3 Å². The molecule has 1 aliphatic rings. The lowest BCUT2D eigenvalue weighted by Gasteiger charge is -2.17. The number of amides is 2. The van der Waals surface area contributed by atoms with Crippen molar-refractivity contribution in [2.75, 3.05) is 12.0 Å². The fourth-order valence-electron chi connectivity index (χ4n) is 2.63. The van der Waals surface area contributed by atoms with Gasteiger partial charge in [0, 0.05) is 5.56 Å². The van der Waals surface area contributed by atoms with Crippen LogP contribution in [0.4, 0.5) is 10.5 Å². The first kappa shape index (κ1) is 19.0. The van der Waals surface area contributed by atoms with Gasteiger partial charge in [-0.2, -0.15) is 0 Å². The summed E-state index contributed by atoms with van der Waals surface area (Å²) >= 11 is 0.920. The Morgan fingerprint density at radius 2 is 1.85 bits per heavy atom. The molecule has 1 fully saturated rings. The van der Waals surface area contributed by atoms with Crippen molar-refractivity contribution in [1.82, 2.24) is 0 Å². The third-order valence-electron chi connectivity index (χ3n) is 4.22. The van der Waals surface area contributed by atoms with Gasteiger partial charge in [0.2, 0.25) is 0 Å². The number of carbonyl (C=O) groups excluding carboxylic acids is 2. The fraction of sp³-hybridized carbons (Fsp3) is 0.238. The van der Waals surface area contributed by atoms with Gasteiger partial charge in [-0.15, -0.1) is 0 Å². The molecule has 6 heteroatoms. The molecule has 2 aromatic rings. The first-order valence-corrected chi connectivity index (χ1v) is 9.53. The van der Waals surface area contributed by atoms with Crippen molar-refractivity contribution in [3.8, 4) is 11.5 Å². The lowest BCUT2D eigenvalue weighted by atomic mass is 10.1. The molecule has 1 aliphatic heterocycles. The molecule has 0 spiro atoms. The highest BCUT2D eigenvalue weighted by Gasteiger charge is 2.36. The van der Waals surface area contributed by atoms with Gasteiger partial charge in [-0.05, 0) is 49.4 Å². The van der Waals surface area contributed by atoms with Crippen LogP contribution in [-0.4, -0.2) is 24.4 Å². The summed E-state index contributed by atoms with van der Waals surface area (Å²) in [4.78, 5) is 26.7. The summed E-state index contributed by atoms with van der Waals surface area (Å²) in [5.41, 5.74) is 1.26. The van der Waals surface area contributed by atoms with E-state index in [0.717, 1.165) is 18.2 Å². The first-order chi connectivity index (χ1) is 13.0. The SMILES string of the molecule is CC[C@H](C)Oc1c(/C=C2/SC(=O)N(c3ccccc3)C2=O)cccc1OC. The second-order valence-electron chi connectivity index (χ2n) is 6.07. The summed E-state index contributed by atoms with van der Waals surface area (Å²) in [6.07, 6.45) is 2.52. The lowest BCUT2D eigenvalue weighted by molar-refractivity contribution is -0.113. The van der Waals surface area contributed by atoms with E-state index in [0.29, 0.717) is 27.7 Å². The molecule has 140 valence electrons. The third-order valence-corrected chi connectivity index (χ3v) is 5.09. The van der Waals surface area contributed by atoms with Gasteiger partial charge in [0.05, 0.1) is 23.8 Å². The van der Waals surface area contributed by atoms with E-state index in [1.54, 1.807) is 37.5 Å². The zero-order chi connectivity index (χ0) is 19.4. The standard InChI is InChI=1S/C21H21NO4S/c1-4-14(2)26-19-15(9-8-12-17(19)25-3)13-18-20(23)22(21(24)27-18)16-10-6-5-7-11-16/h5-14H,4H2,1-3H3/b18-13+/t14-/m0/s1. The molecule has 3 rings (SSSR count). The monoisotopic (exact) mass is 383 g/mol. The van der Waals surface area contributed by atoms with E-state index in [1.807, 2.05) is 38.1 Å². The molecule has 2 amide bonds. The van der Waals surface area contributed by atoms with Gasteiger partial charge in [0.25, 0.3) is 11.1 Å². The second kappa shape index (κ2) is 8.31. The van der Waals surface area contributed by atoms with Crippen molar-refractivity contribution in [3.05, 3.63) is 59.0 Å². The summed E-state index contributed by atoms with van der Waals surface area (Å²) in [7, 11) is 1.58. The van der Waals surface area contributed by atoms with E-state index in [9.17, 15) is 9.59 Å². The molecule has 0 unspecified atom stereocenters. The van der Waals surface area contributed by atoms with E-state index in [2.05, 4.69) is 0 Å². The van der Waals surface area contributed by atoms with Crippen LogP contribution in [0.3, 0.4) is 0 Å². The average Bonchev–Trinajstić information content (AvgIpc) is 2.96. The number of benzene rings is 2. The Bertz CT molecular complexity index is 879. The van der Waals surface area contributed by atoms with Crippen LogP contribution in [-0.2, 0) is 4.79 Å². The Morgan fingerprint density at radius 3 is 2.52 bits per heavy atom. The number of anilines is 1. The lowest BCUT2D eigenvalue weighted by Crippen LogP contribution is -2.27. The number of ether oxygens (including phenoxy) is 2. The molecular formula is C21H21NO4S. The second-order valence-corrected chi connectivity index (χ2v) is 7.06. The van der Waals surface area contributed by atoms with Crippen LogP contribution < -0.4 is 14.4 Å². The van der Waals surface area contributed by atoms with E-state index in [1.165, 1.54) is 4.90 Å². The Hall–Kier alpha value is -2.73. The minimum Gasteiger partial charge on any atom is -0.493 e. The summed E-state index contributed by atoms with van der Waals surface area (Å²) in [6, 6.07) is 14.4. The normalized spacial score (nSPS) is 16.7. The predicted molar refractivity (Wildman–Crippen MR) is 108 cm³/mol. The van der Waals surface area contributed by atoms with Crippen LogP contribution in [0.25, 0.3) is 6.08 Å². The Kier molecular flexibility index (Phi) is 5.86. The van der Waals surface area contributed by atoms with Gasteiger partial charge in [0.1, 0.15) is 0 Å². The minimum atomic E-state index is -0.339. The number of imide groups is 1. The average molecular weight is 383 g/mol. The third kappa shape index (κ3) is 4.01. The first-order valence-electron chi connectivity index (χ1n) is 8.71. The van der Waals surface area contributed by atoms with Gasteiger partial charge in [-0.1, -0.05) is 37.3 Å². The van der Waals surface area contributed by atoms with Crippen LogP contribution in [0.1, 0.15) is 25.8 Å². The van der Waals surface area contributed by atoms with Gasteiger partial charge in [0.15, 0.2) is 11.5 Å². The van der Waals surface area contributed by atoms with Crippen molar-refractivity contribution in [2.45, 2.75) is 26.4 Å². The van der Waals surface area contributed by atoms with Crippen molar-refractivity contribution in [3.63, 3.8) is 0 Å². The molecule has 0 aliphatic carbocycles. The number of carbonyl (C=O) groups is 2. The highest BCUT2D eigenvalue weighted by molar-refractivity contribution is 8.19. The number of hydrogen-bond acceptors (Lipinski definition) is 5. The van der Waals surface area contributed by atoms with E-state index in [4.69, 9.17) is 9.47 Å². The van der Waals surface area contributed by atoms with Crippen LogP contribution in [0.5, 0.6) is 11.5 Å². The van der Waals surface area contributed by atoms with Gasteiger partial charge in [-0.25, -0.2) is 4.90 Å². The van der Waals surface area contributed by atoms with Crippen LogP contribution in [0.2, 0.25) is 0 Å². The molecular weight excluding hydrogens is 362 g/mol. The van der Waals surface area contributed by atoms with Crippen molar-refractivity contribution in [2.24, 2.45) is 0 Å². The molecule has 0 saturated carbocycles. The molecule has 2 aromatic carbocycles. The maximum absolute atomic E-state index is 12.8. The number of thioether (sulfide) groups is 1. The highest BCUT2D eigenvalue weighted by Crippen LogP contribution is 2.39. The zero-order valence-corrected chi connectivity index (χ0v) is 16.3. The number of methoxy groups -OCH3 is 1. The maximum atomic E-state index is 12.8. The molecule has 0 radical (unpaired) electrons. The van der Waals surface area contributed by atoms with Crippen molar-refractivity contribution >= 4 is 34.7 Å². The molecule has 1 atom stereocenters. The number of rotatable bonds is 6. The molecule has 1 saturated heterocycles. The van der Waals surface area contributed by atoms with Crippen LogP contribution in [0, 0.1) is 0 Å². The van der Waals surface area contributed by atoms with Crippen molar-refractivity contribution < 1.29 is 19.1 Å². The van der Waals surface area contributed by atoms with Gasteiger partial charge in [-0.3, -0.25) is 9.59 Å². The topological polar surface area (TPSA) is 55.8 Å². The molecule has 0 aromatic heterocycles. The fourth-order valence-corrected chi connectivity index (χ4v) is 3.46. The van der Waals surface area contributed by atoms with Gasteiger partial charge < -0.3 is 9.47 Å². The molecule has 5 nitrogen and oxygen atoms in total. The number of para-hydroxylation sites is 2.